The smallest absolute Gasteiger partial charge is 0.209 e. The Morgan fingerprint density at radius 1 is 1.43 bits per heavy atom. The Hall–Kier alpha value is -1.98. The molecule has 0 saturated heterocycles. The van der Waals surface area contributed by atoms with Gasteiger partial charge < -0.3 is 4.74 Å². The molecule has 0 atom stereocenters. The first kappa shape index (κ1) is 15.4. The van der Waals surface area contributed by atoms with E-state index >= 15 is 0 Å². The summed E-state index contributed by atoms with van der Waals surface area (Å²) in [4.78, 5) is 16.2. The van der Waals surface area contributed by atoms with Crippen LogP contribution in [0.5, 0.6) is 5.75 Å². The zero-order chi connectivity index (χ0) is 15.6. The van der Waals surface area contributed by atoms with Gasteiger partial charge in [0.25, 0.3) is 0 Å². The number of rotatable bonds is 5. The molecule has 2 aromatic rings. The number of carbonyl (C=O) groups excluding carboxylic acids is 1. The van der Waals surface area contributed by atoms with Gasteiger partial charge in [0.15, 0.2) is 0 Å². The van der Waals surface area contributed by atoms with Gasteiger partial charge in [0.2, 0.25) is 5.78 Å². The summed E-state index contributed by atoms with van der Waals surface area (Å²) in [5.74, 6) is 0.840. The average Bonchev–Trinajstić information content (AvgIpc) is 2.83. The Labute approximate surface area is 133 Å². The minimum Gasteiger partial charge on any atom is -0.497 e. The molecular weight excluding hydrogens is 308 g/mol. The number of halogens is 1. The van der Waals surface area contributed by atoms with Gasteiger partial charge in [-0.3, -0.25) is 9.36 Å². The van der Waals surface area contributed by atoms with Crippen molar-refractivity contribution in [1.82, 2.24) is 9.55 Å². The predicted molar refractivity (Wildman–Crippen MR) is 87.0 cm³/mol. The Kier molecular flexibility index (Phi) is 4.55. The highest BCUT2D eigenvalue weighted by Crippen LogP contribution is 2.25. The van der Waals surface area contributed by atoms with Gasteiger partial charge in [-0.15, -0.1) is 0 Å². The van der Waals surface area contributed by atoms with E-state index in [2.05, 4.69) is 11.6 Å². The molecule has 0 aliphatic carbocycles. The number of benzene rings is 1. The summed E-state index contributed by atoms with van der Waals surface area (Å²) < 4.78 is 6.73. The molecule has 0 N–H and O–H groups in total. The normalized spacial score (nSPS) is 10.2. The van der Waals surface area contributed by atoms with E-state index in [0.717, 1.165) is 11.4 Å². The Bertz CT molecular complexity index is 720. The van der Waals surface area contributed by atoms with Crippen LogP contribution in [0.3, 0.4) is 0 Å². The van der Waals surface area contributed by atoms with E-state index < -0.39 is 0 Å². The summed E-state index contributed by atoms with van der Waals surface area (Å²) >= 11 is 11.3. The average molecular weight is 321 g/mol. The molecule has 1 heterocycles. The Balaban J connectivity index is 2.59. The van der Waals surface area contributed by atoms with Gasteiger partial charge >= 0.3 is 0 Å². The summed E-state index contributed by atoms with van der Waals surface area (Å²) in [6.07, 6.45) is 0. The van der Waals surface area contributed by atoms with E-state index in [-0.39, 0.29) is 16.6 Å². The lowest BCUT2D eigenvalue weighted by Gasteiger charge is -2.07. The number of hydrogen-bond donors (Lipinski definition) is 0. The Morgan fingerprint density at radius 2 is 2.05 bits per heavy atom. The molecule has 0 spiro atoms. The number of nitrogens with zero attached hydrogens (tertiary/aromatic N) is 2. The molecule has 0 unspecified atom stereocenters. The van der Waals surface area contributed by atoms with Crippen molar-refractivity contribution in [3.05, 3.63) is 53.1 Å². The number of ether oxygens (including phenoxy) is 1. The fourth-order valence-corrected chi connectivity index (χ4v) is 2.29. The third kappa shape index (κ3) is 2.89. The molecule has 6 heteroatoms. The number of Topliss-reactive ketones (excluding diaryl/α,β-unsaturated/α-hetero) is 1. The third-order valence-corrected chi connectivity index (χ3v) is 3.44. The largest absolute Gasteiger partial charge is 0.497 e. The molecule has 0 amide bonds. The van der Waals surface area contributed by atoms with Crippen molar-refractivity contribution in [2.75, 3.05) is 7.11 Å². The highest BCUT2D eigenvalue weighted by atomic mass is 35.5. The fraction of sp³-hybridized carbons (Fsp3) is 0.133. The van der Waals surface area contributed by atoms with Crippen molar-refractivity contribution < 1.29 is 9.53 Å². The Morgan fingerprint density at radius 3 is 2.52 bits per heavy atom. The summed E-state index contributed by atoms with van der Waals surface area (Å²) in [5, 5.41) is 1.59. The molecule has 108 valence electrons. The lowest BCUT2D eigenvalue weighted by molar-refractivity contribution is 0.103. The van der Waals surface area contributed by atoms with Gasteiger partial charge in [0.1, 0.15) is 22.4 Å². The first-order chi connectivity index (χ1) is 9.99. The van der Waals surface area contributed by atoms with Crippen LogP contribution in [0.25, 0.3) is 5.69 Å². The SMILES string of the molecule is C=C(C)C(=O)c1nc(C=S)n(-c2ccc(OC)cc2)c1Cl. The van der Waals surface area contributed by atoms with Gasteiger partial charge in [-0.1, -0.05) is 30.4 Å². The highest BCUT2D eigenvalue weighted by Gasteiger charge is 2.21. The monoisotopic (exact) mass is 320 g/mol. The lowest BCUT2D eigenvalue weighted by atomic mass is 10.2. The fourth-order valence-electron chi connectivity index (χ4n) is 1.82. The number of aromatic nitrogens is 2. The van der Waals surface area contributed by atoms with E-state index in [1.165, 1.54) is 5.37 Å². The van der Waals surface area contributed by atoms with Crippen LogP contribution in [0.2, 0.25) is 5.15 Å². The van der Waals surface area contributed by atoms with E-state index in [4.69, 9.17) is 28.6 Å². The maximum Gasteiger partial charge on any atom is 0.209 e. The zero-order valence-corrected chi connectivity index (χ0v) is 13.2. The van der Waals surface area contributed by atoms with Gasteiger partial charge in [-0.2, -0.15) is 0 Å². The number of thiocarbonyl (C=S) groups is 1. The van der Waals surface area contributed by atoms with Crippen LogP contribution in [-0.4, -0.2) is 27.8 Å². The molecule has 21 heavy (non-hydrogen) atoms. The first-order valence-corrected chi connectivity index (χ1v) is 6.92. The molecule has 0 aliphatic rings. The van der Waals surface area contributed by atoms with Crippen LogP contribution in [0, 0.1) is 0 Å². The van der Waals surface area contributed by atoms with Crippen LogP contribution < -0.4 is 4.74 Å². The molecule has 0 bridgehead atoms. The molecule has 0 radical (unpaired) electrons. The van der Waals surface area contributed by atoms with Crippen LogP contribution in [-0.2, 0) is 0 Å². The second kappa shape index (κ2) is 6.20. The predicted octanol–water partition coefficient (Wildman–Crippen LogP) is 3.64. The molecule has 0 saturated carbocycles. The number of hydrogen-bond acceptors (Lipinski definition) is 4. The van der Waals surface area contributed by atoms with E-state index in [1.54, 1.807) is 30.7 Å². The van der Waals surface area contributed by atoms with Crippen molar-refractivity contribution in [3.8, 4) is 11.4 Å². The molecule has 1 aromatic carbocycles. The third-order valence-electron chi connectivity index (χ3n) is 2.89. The van der Waals surface area contributed by atoms with Crippen molar-refractivity contribution in [3.63, 3.8) is 0 Å². The van der Waals surface area contributed by atoms with E-state index in [1.807, 2.05) is 12.1 Å². The van der Waals surface area contributed by atoms with Crippen LogP contribution in [0.15, 0.2) is 36.4 Å². The number of ketones is 1. The second-order valence-electron chi connectivity index (χ2n) is 4.37. The number of allylic oxidation sites excluding steroid dienone is 1. The van der Waals surface area contributed by atoms with Crippen LogP contribution in [0.1, 0.15) is 23.2 Å². The summed E-state index contributed by atoms with van der Waals surface area (Å²) in [6, 6.07) is 7.20. The van der Waals surface area contributed by atoms with Gasteiger partial charge in [0, 0.05) is 11.1 Å². The van der Waals surface area contributed by atoms with Crippen molar-refractivity contribution in [1.29, 1.82) is 0 Å². The second-order valence-corrected chi connectivity index (χ2v) is 4.96. The van der Waals surface area contributed by atoms with Crippen LogP contribution >= 0.6 is 23.8 Å². The molecule has 4 nitrogen and oxygen atoms in total. The number of methoxy groups -OCH3 is 1. The first-order valence-electron chi connectivity index (χ1n) is 6.07. The van der Waals surface area contributed by atoms with Crippen molar-refractivity contribution in [2.45, 2.75) is 6.92 Å². The molecular formula is C15H13ClN2O2S. The zero-order valence-electron chi connectivity index (χ0n) is 11.6. The van der Waals surface area contributed by atoms with E-state index in [0.29, 0.717) is 11.4 Å². The number of imidazole rings is 1. The maximum atomic E-state index is 12.1. The van der Waals surface area contributed by atoms with Crippen molar-refractivity contribution in [2.24, 2.45) is 0 Å². The minimum atomic E-state index is -0.301. The van der Waals surface area contributed by atoms with E-state index in [9.17, 15) is 4.79 Å². The maximum absolute atomic E-state index is 12.1. The lowest BCUT2D eigenvalue weighted by Crippen LogP contribution is -2.01. The number of carbonyl (C=O) groups is 1. The van der Waals surface area contributed by atoms with Gasteiger partial charge in [-0.05, 0) is 36.8 Å². The highest BCUT2D eigenvalue weighted by molar-refractivity contribution is 7.79. The molecule has 0 aliphatic heterocycles. The van der Waals surface area contributed by atoms with Gasteiger partial charge in [-0.25, -0.2) is 4.98 Å². The molecule has 2 rings (SSSR count). The standard InChI is InChI=1S/C15H13ClN2O2S/c1-9(2)14(19)13-15(16)18(12(8-21)17-13)10-4-6-11(20-3)7-5-10/h4-8H,1H2,2-3H3. The minimum absolute atomic E-state index is 0.149. The molecule has 0 fully saturated rings. The summed E-state index contributed by atoms with van der Waals surface area (Å²) in [6.45, 7) is 5.24. The van der Waals surface area contributed by atoms with Crippen molar-refractivity contribution >= 4 is 35.0 Å². The topological polar surface area (TPSA) is 44.1 Å². The summed E-state index contributed by atoms with van der Waals surface area (Å²) in [5.41, 5.74) is 1.26. The molecule has 1 aromatic heterocycles. The van der Waals surface area contributed by atoms with Crippen LogP contribution in [0.4, 0.5) is 0 Å². The quantitative estimate of drug-likeness (QED) is 0.479. The summed E-state index contributed by atoms with van der Waals surface area (Å²) in [7, 11) is 1.59. The van der Waals surface area contributed by atoms with Gasteiger partial charge in [0.05, 0.1) is 7.11 Å².